The van der Waals surface area contributed by atoms with Crippen LogP contribution in [0.4, 0.5) is 5.69 Å². The van der Waals surface area contributed by atoms with Gasteiger partial charge in [-0.2, -0.15) is 4.79 Å². The van der Waals surface area contributed by atoms with E-state index in [1.807, 2.05) is 0 Å². The molecule has 0 saturated heterocycles. The summed E-state index contributed by atoms with van der Waals surface area (Å²) in [5.74, 6) is -2.97. The number of benzene rings is 1. The molecule has 8 nitrogen and oxygen atoms in total. The molecule has 0 aromatic heterocycles. The largest absolute Gasteiger partial charge is 0.413 e. The Kier molecular flexibility index (Phi) is 3.80. The Balaban J connectivity index is 2.96. The van der Waals surface area contributed by atoms with Gasteiger partial charge in [0.25, 0.3) is 0 Å². The highest BCUT2D eigenvalue weighted by atomic mass is 16.6. The zero-order valence-electron chi connectivity index (χ0n) is 8.27. The van der Waals surface area contributed by atoms with E-state index in [1.165, 1.54) is 18.2 Å². The number of nitrogens with zero attached hydrogens (tertiary/aromatic N) is 3. The average Bonchev–Trinajstić information content (AvgIpc) is 2.29. The first-order chi connectivity index (χ1) is 8.06. The van der Waals surface area contributed by atoms with Gasteiger partial charge in [0.2, 0.25) is 5.75 Å². The molecule has 0 bridgehead atoms. The molecular formula is C9H5N3O5. The summed E-state index contributed by atoms with van der Waals surface area (Å²) in [6.07, 6.45) is 0.330. The first-order valence-electron chi connectivity index (χ1n) is 4.23. The van der Waals surface area contributed by atoms with E-state index in [9.17, 15) is 19.7 Å². The van der Waals surface area contributed by atoms with E-state index in [-0.39, 0.29) is 5.75 Å². The van der Waals surface area contributed by atoms with Crippen LogP contribution in [0.15, 0.2) is 24.3 Å². The maximum absolute atomic E-state index is 11.1. The zero-order chi connectivity index (χ0) is 12.8. The van der Waals surface area contributed by atoms with Crippen LogP contribution in [0.1, 0.15) is 0 Å². The van der Waals surface area contributed by atoms with Gasteiger partial charge in [-0.15, -0.1) is 0 Å². The molecule has 0 aliphatic carbocycles. The van der Waals surface area contributed by atoms with E-state index in [4.69, 9.17) is 5.53 Å². The highest BCUT2D eigenvalue weighted by Gasteiger charge is 2.22. The fourth-order valence-corrected chi connectivity index (χ4v) is 0.950. The standard InChI is InChI=1S/C9H5N3O5/c10-11-5-7(13)9(14)17-8-4-2-1-3-6(8)12(15)16/h1-5H. The third kappa shape index (κ3) is 3.05. The molecule has 0 N–H and O–H groups in total. The molecule has 1 rings (SSSR count). The number of ketones is 1. The maximum atomic E-state index is 11.1. The minimum atomic E-state index is -1.38. The summed E-state index contributed by atoms with van der Waals surface area (Å²) in [5.41, 5.74) is 7.58. The Labute approximate surface area is 94.2 Å². The molecular weight excluding hydrogens is 230 g/mol. The summed E-state index contributed by atoms with van der Waals surface area (Å²) in [6.45, 7) is 0. The Morgan fingerprint density at radius 3 is 2.65 bits per heavy atom. The van der Waals surface area contributed by atoms with Crippen LogP contribution in [0.5, 0.6) is 5.75 Å². The summed E-state index contributed by atoms with van der Waals surface area (Å²) in [4.78, 5) is 34.1. The molecule has 0 heterocycles. The van der Waals surface area contributed by atoms with Crippen molar-refractivity contribution < 1.29 is 24.0 Å². The Morgan fingerprint density at radius 2 is 2.06 bits per heavy atom. The lowest BCUT2D eigenvalue weighted by atomic mass is 10.3. The second-order valence-corrected chi connectivity index (χ2v) is 2.72. The van der Waals surface area contributed by atoms with Crippen molar-refractivity contribution in [1.82, 2.24) is 0 Å². The van der Waals surface area contributed by atoms with Gasteiger partial charge in [0.15, 0.2) is 0 Å². The molecule has 0 spiro atoms. The van der Waals surface area contributed by atoms with Crippen LogP contribution in [0.2, 0.25) is 0 Å². The van der Waals surface area contributed by atoms with E-state index < -0.39 is 22.4 Å². The number of nitro groups is 1. The number of hydrogen-bond donors (Lipinski definition) is 0. The molecule has 0 fully saturated rings. The fourth-order valence-electron chi connectivity index (χ4n) is 0.950. The van der Waals surface area contributed by atoms with Gasteiger partial charge < -0.3 is 10.3 Å². The first kappa shape index (κ1) is 12.2. The molecule has 0 amide bonds. The number of ether oxygens (including phenoxy) is 1. The summed E-state index contributed by atoms with van der Waals surface area (Å²) in [7, 11) is 0. The smallest absolute Gasteiger partial charge is 0.392 e. The summed E-state index contributed by atoms with van der Waals surface area (Å²) < 4.78 is 4.49. The molecule has 0 aliphatic rings. The van der Waals surface area contributed by atoms with Gasteiger partial charge in [0.1, 0.15) is 0 Å². The third-order valence-electron chi connectivity index (χ3n) is 1.64. The Hall–Kier alpha value is -2.86. The normalized spacial score (nSPS) is 8.94. The van der Waals surface area contributed by atoms with Crippen molar-refractivity contribution in [2.24, 2.45) is 0 Å². The molecule has 0 radical (unpaired) electrons. The van der Waals surface area contributed by atoms with E-state index >= 15 is 0 Å². The van der Waals surface area contributed by atoms with Crippen LogP contribution in [-0.4, -0.2) is 27.7 Å². The average molecular weight is 235 g/mol. The second kappa shape index (κ2) is 5.29. The number of esters is 1. The van der Waals surface area contributed by atoms with Crippen molar-refractivity contribution in [3.05, 3.63) is 39.9 Å². The number of hydrogen-bond acceptors (Lipinski definition) is 5. The van der Waals surface area contributed by atoms with Crippen molar-refractivity contribution in [3.8, 4) is 5.75 Å². The van der Waals surface area contributed by atoms with Crippen LogP contribution in [-0.2, 0) is 9.59 Å². The lowest BCUT2D eigenvalue weighted by Gasteiger charge is -2.00. The van der Waals surface area contributed by atoms with E-state index in [2.05, 4.69) is 9.53 Å². The molecule has 0 saturated carbocycles. The number of carbonyl (C=O) groups is 2. The number of carbonyl (C=O) groups excluding carboxylic acids is 2. The van der Waals surface area contributed by atoms with Gasteiger partial charge in [-0.05, 0) is 6.07 Å². The van der Waals surface area contributed by atoms with Gasteiger partial charge in [-0.3, -0.25) is 14.9 Å². The first-order valence-corrected chi connectivity index (χ1v) is 4.23. The minimum absolute atomic E-state index is 0.330. The number of nitro benzene ring substituents is 1. The predicted molar refractivity (Wildman–Crippen MR) is 53.4 cm³/mol. The van der Waals surface area contributed by atoms with Crippen LogP contribution in [0.25, 0.3) is 5.53 Å². The Bertz CT molecular complexity index is 533. The highest BCUT2D eigenvalue weighted by Crippen LogP contribution is 2.25. The number of Topliss-reactive ketones (excluding diaryl/α,β-unsaturated/α-hetero) is 1. The van der Waals surface area contributed by atoms with E-state index in [0.29, 0.717) is 6.21 Å². The second-order valence-electron chi connectivity index (χ2n) is 2.72. The van der Waals surface area contributed by atoms with Crippen molar-refractivity contribution in [2.75, 3.05) is 0 Å². The molecule has 86 valence electrons. The van der Waals surface area contributed by atoms with E-state index in [1.54, 1.807) is 0 Å². The monoisotopic (exact) mass is 235 g/mol. The lowest BCUT2D eigenvalue weighted by molar-refractivity contribution is -0.385. The summed E-state index contributed by atoms with van der Waals surface area (Å²) in [6, 6.07) is 5.07. The van der Waals surface area contributed by atoms with Gasteiger partial charge in [0, 0.05) is 6.07 Å². The van der Waals surface area contributed by atoms with E-state index in [0.717, 1.165) is 6.07 Å². The lowest BCUT2D eigenvalue weighted by Crippen LogP contribution is -2.21. The number of para-hydroxylation sites is 2. The Morgan fingerprint density at radius 1 is 1.41 bits per heavy atom. The summed E-state index contributed by atoms with van der Waals surface area (Å²) >= 11 is 0. The van der Waals surface area contributed by atoms with Gasteiger partial charge in [-0.25, -0.2) is 4.79 Å². The number of rotatable bonds is 4. The van der Waals surface area contributed by atoms with Gasteiger partial charge in [-0.1, -0.05) is 12.1 Å². The quantitative estimate of drug-likeness (QED) is 0.109. The maximum Gasteiger partial charge on any atom is 0.392 e. The van der Waals surface area contributed by atoms with Crippen molar-refractivity contribution in [2.45, 2.75) is 0 Å². The molecule has 0 atom stereocenters. The molecule has 17 heavy (non-hydrogen) atoms. The van der Waals surface area contributed by atoms with Crippen LogP contribution in [0.3, 0.4) is 0 Å². The molecule has 0 aliphatic heterocycles. The third-order valence-corrected chi connectivity index (χ3v) is 1.64. The fraction of sp³-hybridized carbons (Fsp3) is 0. The highest BCUT2D eigenvalue weighted by molar-refractivity contribution is 6.56. The molecule has 1 aromatic rings. The summed E-state index contributed by atoms with van der Waals surface area (Å²) in [5, 5.41) is 10.6. The molecule has 1 aromatic carbocycles. The molecule has 8 heteroatoms. The predicted octanol–water partition coefficient (Wildman–Crippen LogP) is 0.370. The van der Waals surface area contributed by atoms with Crippen molar-refractivity contribution in [3.63, 3.8) is 0 Å². The van der Waals surface area contributed by atoms with Crippen LogP contribution >= 0.6 is 0 Å². The van der Waals surface area contributed by atoms with Gasteiger partial charge >= 0.3 is 23.7 Å². The SMILES string of the molecule is [N-]=[N+]=CC(=O)C(=O)Oc1ccccc1[N+](=O)[O-]. The van der Waals surface area contributed by atoms with Crippen LogP contribution < -0.4 is 4.74 Å². The molecule has 0 unspecified atom stereocenters. The van der Waals surface area contributed by atoms with Crippen molar-refractivity contribution in [1.29, 1.82) is 0 Å². The topological polar surface area (TPSA) is 123 Å². The van der Waals surface area contributed by atoms with Crippen molar-refractivity contribution >= 4 is 23.7 Å². The van der Waals surface area contributed by atoms with Gasteiger partial charge in [0.05, 0.1) is 4.92 Å². The van der Waals surface area contributed by atoms with Crippen LogP contribution in [0, 0.1) is 10.1 Å². The zero-order valence-corrected chi connectivity index (χ0v) is 8.27. The minimum Gasteiger partial charge on any atom is -0.413 e.